The Hall–Kier alpha value is -3.47. The Morgan fingerprint density at radius 3 is 2.26 bits per heavy atom. The van der Waals surface area contributed by atoms with Gasteiger partial charge in [0, 0.05) is 24.0 Å². The molecule has 0 saturated carbocycles. The number of carbonyl (C=O) groups is 2. The molecule has 0 atom stereocenters. The summed E-state index contributed by atoms with van der Waals surface area (Å²) in [5.74, 6) is -0.319. The maximum atomic E-state index is 12.1. The summed E-state index contributed by atoms with van der Waals surface area (Å²) in [6.07, 6.45) is 0.0987. The molecule has 0 unspecified atom stereocenters. The second-order valence-corrected chi connectivity index (χ2v) is 6.08. The van der Waals surface area contributed by atoms with Gasteiger partial charge in [-0.1, -0.05) is 60.7 Å². The molecule has 1 N–H and O–H groups in total. The lowest BCUT2D eigenvalue weighted by molar-refractivity contribution is -0.117. The molecule has 0 bridgehead atoms. The minimum atomic E-state index is -0.418. The minimum Gasteiger partial charge on any atom is -0.480 e. The molecule has 0 saturated heterocycles. The molecule has 5 heteroatoms. The number of hydrogen-bond donors (Lipinski definition) is 1. The van der Waals surface area contributed by atoms with Crippen molar-refractivity contribution in [2.75, 3.05) is 0 Å². The van der Waals surface area contributed by atoms with E-state index in [1.807, 2.05) is 36.4 Å². The van der Waals surface area contributed by atoms with E-state index in [9.17, 15) is 14.7 Å². The number of amides is 1. The van der Waals surface area contributed by atoms with Crippen LogP contribution in [0.4, 0.5) is 0 Å². The number of aliphatic imine (C=N–C) groups is 1. The Morgan fingerprint density at radius 2 is 1.59 bits per heavy atom. The van der Waals surface area contributed by atoms with Crippen LogP contribution in [0.2, 0.25) is 0 Å². The summed E-state index contributed by atoms with van der Waals surface area (Å²) in [5, 5.41) is 10.0. The summed E-state index contributed by atoms with van der Waals surface area (Å²) in [7, 11) is 0. The first kappa shape index (κ1) is 18.3. The molecule has 0 fully saturated rings. The third-order valence-electron chi connectivity index (χ3n) is 4.11. The average molecular weight is 361 g/mol. The Bertz CT molecular complexity index is 972. The van der Waals surface area contributed by atoms with Crippen molar-refractivity contribution < 1.29 is 19.1 Å². The predicted octanol–water partition coefficient (Wildman–Crippen LogP) is 4.65. The molecule has 0 radical (unpaired) electrons. The maximum Gasteiger partial charge on any atom is 0.291 e. The van der Waals surface area contributed by atoms with Crippen molar-refractivity contribution in [3.8, 4) is 17.3 Å². The van der Waals surface area contributed by atoms with E-state index in [0.29, 0.717) is 22.6 Å². The van der Waals surface area contributed by atoms with Crippen molar-refractivity contribution in [1.82, 2.24) is 0 Å². The first-order chi connectivity index (χ1) is 13.0. The van der Waals surface area contributed by atoms with E-state index >= 15 is 0 Å². The molecule has 0 aliphatic heterocycles. The van der Waals surface area contributed by atoms with Gasteiger partial charge in [0.25, 0.3) is 5.95 Å². The van der Waals surface area contributed by atoms with Crippen LogP contribution in [0, 0.1) is 0 Å². The zero-order chi connectivity index (χ0) is 19.2. The quantitative estimate of drug-likeness (QED) is 0.512. The van der Waals surface area contributed by atoms with Gasteiger partial charge in [0.05, 0.1) is 11.3 Å². The second kappa shape index (κ2) is 8.27. The highest BCUT2D eigenvalue weighted by molar-refractivity contribution is 6.07. The Kier molecular flexibility index (Phi) is 5.61. The zero-order valence-electron chi connectivity index (χ0n) is 14.9. The predicted molar refractivity (Wildman–Crippen MR) is 103 cm³/mol. The van der Waals surface area contributed by atoms with Crippen molar-refractivity contribution in [3.63, 3.8) is 0 Å². The third kappa shape index (κ3) is 4.58. The molecule has 1 amide bonds. The highest BCUT2D eigenvalue weighted by atomic mass is 16.5. The SMILES string of the molecule is CC(=NC(=O)CCC(=O)c1ccccc1)c1cc(-c2ccccc2)oc1O. The van der Waals surface area contributed by atoms with Crippen LogP contribution in [0.15, 0.2) is 76.1 Å². The highest BCUT2D eigenvalue weighted by Gasteiger charge is 2.15. The van der Waals surface area contributed by atoms with E-state index in [2.05, 4.69) is 4.99 Å². The van der Waals surface area contributed by atoms with Gasteiger partial charge in [0.2, 0.25) is 5.91 Å². The molecule has 5 nitrogen and oxygen atoms in total. The number of furan rings is 1. The molecule has 3 aromatic rings. The molecule has 27 heavy (non-hydrogen) atoms. The summed E-state index contributed by atoms with van der Waals surface area (Å²) in [6, 6.07) is 19.8. The van der Waals surface area contributed by atoms with Crippen LogP contribution in [0.25, 0.3) is 11.3 Å². The number of nitrogens with zero attached hydrogens (tertiary/aromatic N) is 1. The smallest absolute Gasteiger partial charge is 0.291 e. The lowest BCUT2D eigenvalue weighted by Crippen LogP contribution is -2.05. The first-order valence-electron chi connectivity index (χ1n) is 8.59. The summed E-state index contributed by atoms with van der Waals surface area (Å²) < 4.78 is 5.37. The highest BCUT2D eigenvalue weighted by Crippen LogP contribution is 2.30. The molecule has 0 spiro atoms. The number of benzene rings is 2. The number of rotatable bonds is 6. The van der Waals surface area contributed by atoms with Gasteiger partial charge in [0.15, 0.2) is 5.78 Å². The molecular formula is C22H19NO4. The van der Waals surface area contributed by atoms with E-state index in [1.165, 1.54) is 0 Å². The molecule has 3 rings (SSSR count). The lowest BCUT2D eigenvalue weighted by atomic mass is 10.1. The average Bonchev–Trinajstić information content (AvgIpc) is 3.09. The molecular weight excluding hydrogens is 342 g/mol. The van der Waals surface area contributed by atoms with Gasteiger partial charge in [-0.05, 0) is 13.0 Å². The van der Waals surface area contributed by atoms with Gasteiger partial charge in [-0.2, -0.15) is 0 Å². The number of carbonyl (C=O) groups excluding carboxylic acids is 2. The van der Waals surface area contributed by atoms with Crippen molar-refractivity contribution in [1.29, 1.82) is 0 Å². The largest absolute Gasteiger partial charge is 0.480 e. The molecule has 1 aromatic heterocycles. The normalized spacial score (nSPS) is 11.4. The summed E-state index contributed by atoms with van der Waals surface area (Å²) in [4.78, 5) is 28.1. The minimum absolute atomic E-state index is 0.00915. The van der Waals surface area contributed by atoms with Crippen LogP contribution in [-0.2, 0) is 4.79 Å². The van der Waals surface area contributed by atoms with Crippen molar-refractivity contribution in [2.24, 2.45) is 4.99 Å². The number of ketones is 1. The van der Waals surface area contributed by atoms with E-state index in [-0.39, 0.29) is 24.6 Å². The van der Waals surface area contributed by atoms with Gasteiger partial charge in [-0.15, -0.1) is 0 Å². The van der Waals surface area contributed by atoms with Gasteiger partial charge in [0.1, 0.15) is 5.76 Å². The van der Waals surface area contributed by atoms with Crippen LogP contribution >= 0.6 is 0 Å². The van der Waals surface area contributed by atoms with E-state index in [1.54, 1.807) is 37.3 Å². The zero-order valence-corrected chi connectivity index (χ0v) is 14.9. The Balaban J connectivity index is 1.67. The molecule has 0 aliphatic carbocycles. The Morgan fingerprint density at radius 1 is 0.963 bits per heavy atom. The van der Waals surface area contributed by atoms with Gasteiger partial charge in [-0.3, -0.25) is 9.59 Å². The van der Waals surface area contributed by atoms with Crippen LogP contribution in [-0.4, -0.2) is 22.5 Å². The topological polar surface area (TPSA) is 79.9 Å². The van der Waals surface area contributed by atoms with Crippen LogP contribution in [0.5, 0.6) is 5.95 Å². The fourth-order valence-corrected chi connectivity index (χ4v) is 2.68. The summed E-state index contributed by atoms with van der Waals surface area (Å²) in [5.41, 5.74) is 2.09. The first-order valence-corrected chi connectivity index (χ1v) is 8.59. The van der Waals surface area contributed by atoms with Crippen LogP contribution in [0.1, 0.15) is 35.7 Å². The fraction of sp³-hybridized carbons (Fsp3) is 0.136. The monoisotopic (exact) mass is 361 g/mol. The van der Waals surface area contributed by atoms with Crippen molar-refractivity contribution in [2.45, 2.75) is 19.8 Å². The molecule has 136 valence electrons. The fourth-order valence-electron chi connectivity index (χ4n) is 2.68. The van der Waals surface area contributed by atoms with Crippen LogP contribution in [0.3, 0.4) is 0 Å². The Labute approximate surface area is 157 Å². The molecule has 1 heterocycles. The summed E-state index contributed by atoms with van der Waals surface area (Å²) >= 11 is 0. The molecule has 2 aromatic carbocycles. The molecule has 0 aliphatic rings. The van der Waals surface area contributed by atoms with E-state index in [0.717, 1.165) is 5.56 Å². The lowest BCUT2D eigenvalue weighted by Gasteiger charge is -2.00. The number of Topliss-reactive ketones (excluding diaryl/α,β-unsaturated/α-hetero) is 1. The third-order valence-corrected chi connectivity index (χ3v) is 4.11. The maximum absolute atomic E-state index is 12.1. The summed E-state index contributed by atoms with van der Waals surface area (Å²) in [6.45, 7) is 1.62. The number of hydrogen-bond acceptors (Lipinski definition) is 4. The standard InChI is InChI=1S/C22H19NO4/c1-15(18-14-20(27-22(18)26)17-10-6-3-7-11-17)23-21(25)13-12-19(24)16-8-4-2-5-9-16/h2-11,14,26H,12-13H2,1H3. The number of aromatic hydroxyl groups is 1. The second-order valence-electron chi connectivity index (χ2n) is 6.08. The van der Waals surface area contributed by atoms with Crippen molar-refractivity contribution in [3.05, 3.63) is 77.9 Å². The van der Waals surface area contributed by atoms with Crippen molar-refractivity contribution >= 4 is 17.4 Å². The van der Waals surface area contributed by atoms with E-state index < -0.39 is 5.91 Å². The van der Waals surface area contributed by atoms with Gasteiger partial charge in [-0.25, -0.2) is 4.99 Å². The van der Waals surface area contributed by atoms with E-state index in [4.69, 9.17) is 4.42 Å². The van der Waals surface area contributed by atoms with Gasteiger partial charge < -0.3 is 9.52 Å². The van der Waals surface area contributed by atoms with Crippen LogP contribution < -0.4 is 0 Å². The van der Waals surface area contributed by atoms with Gasteiger partial charge >= 0.3 is 0 Å².